The van der Waals surface area contributed by atoms with Crippen LogP contribution < -0.4 is 10.2 Å². The molecule has 1 amide bonds. The first-order valence-electron chi connectivity index (χ1n) is 6.18. The molecular weight excluding hydrogens is 360 g/mol. The average Bonchev–Trinajstić information content (AvgIpc) is 3.07. The minimum Gasteiger partial charge on any atom is -0.309 e. The van der Waals surface area contributed by atoms with E-state index < -0.39 is 0 Å². The summed E-state index contributed by atoms with van der Waals surface area (Å²) in [6.07, 6.45) is 3.31. The number of hydrogen-bond donors (Lipinski definition) is 1. The summed E-state index contributed by atoms with van der Waals surface area (Å²) < 4.78 is 1.91. The predicted molar refractivity (Wildman–Crippen MR) is 78.8 cm³/mol. The Labute approximate surface area is 123 Å². The first-order chi connectivity index (χ1) is 8.66. The maximum Gasteiger partial charge on any atom is 0.244 e. The molecule has 1 aliphatic heterocycles. The quantitative estimate of drug-likeness (QED) is 0.882. The summed E-state index contributed by atoms with van der Waals surface area (Å²) in [5, 5.41) is 3.42. The number of carbonyl (C=O) groups excluding carboxylic acids is 1. The van der Waals surface area contributed by atoms with Crippen molar-refractivity contribution in [2.75, 3.05) is 11.4 Å². The maximum absolute atomic E-state index is 12.4. The van der Waals surface area contributed by atoms with E-state index in [1.54, 1.807) is 0 Å². The SMILES string of the molecule is O=C1C(NC2CC2)CCN1c1c(Br)cccc1Br. The van der Waals surface area contributed by atoms with Gasteiger partial charge in [0.1, 0.15) is 0 Å². The van der Waals surface area contributed by atoms with Gasteiger partial charge in [0.15, 0.2) is 0 Å². The highest BCUT2D eigenvalue weighted by Gasteiger charge is 2.37. The molecule has 1 heterocycles. The summed E-state index contributed by atoms with van der Waals surface area (Å²) in [7, 11) is 0. The molecule has 96 valence electrons. The molecule has 18 heavy (non-hydrogen) atoms. The summed E-state index contributed by atoms with van der Waals surface area (Å²) >= 11 is 7.05. The van der Waals surface area contributed by atoms with Crippen molar-refractivity contribution >= 4 is 43.5 Å². The van der Waals surface area contributed by atoms with E-state index in [1.807, 2.05) is 23.1 Å². The minimum atomic E-state index is -0.00324. The molecule has 1 atom stereocenters. The molecule has 0 spiro atoms. The molecule has 3 nitrogen and oxygen atoms in total. The zero-order valence-electron chi connectivity index (χ0n) is 9.83. The smallest absolute Gasteiger partial charge is 0.244 e. The van der Waals surface area contributed by atoms with Gasteiger partial charge in [0.25, 0.3) is 0 Å². The fourth-order valence-corrected chi connectivity index (χ4v) is 3.76. The number of rotatable bonds is 3. The van der Waals surface area contributed by atoms with Crippen molar-refractivity contribution in [3.8, 4) is 0 Å². The average molecular weight is 374 g/mol. The highest BCUT2D eigenvalue weighted by atomic mass is 79.9. The second-order valence-corrected chi connectivity index (χ2v) is 6.55. The number of benzene rings is 1. The van der Waals surface area contributed by atoms with Crippen LogP contribution in [0, 0.1) is 0 Å². The van der Waals surface area contributed by atoms with Crippen molar-refractivity contribution < 1.29 is 4.79 Å². The Kier molecular flexibility index (Phi) is 3.47. The summed E-state index contributed by atoms with van der Waals surface area (Å²) in [4.78, 5) is 14.3. The van der Waals surface area contributed by atoms with Gasteiger partial charge in [-0.1, -0.05) is 6.07 Å². The van der Waals surface area contributed by atoms with Gasteiger partial charge < -0.3 is 10.2 Å². The van der Waals surface area contributed by atoms with Crippen LogP contribution >= 0.6 is 31.9 Å². The third-order valence-corrected chi connectivity index (χ3v) is 4.71. The fraction of sp³-hybridized carbons (Fsp3) is 0.462. The van der Waals surface area contributed by atoms with E-state index in [0.29, 0.717) is 6.04 Å². The largest absolute Gasteiger partial charge is 0.309 e. The number of nitrogens with one attached hydrogen (secondary N) is 1. The zero-order valence-corrected chi connectivity index (χ0v) is 13.0. The van der Waals surface area contributed by atoms with Crippen LogP contribution in [0.5, 0.6) is 0 Å². The van der Waals surface area contributed by atoms with E-state index in [-0.39, 0.29) is 11.9 Å². The molecule has 0 bridgehead atoms. The van der Waals surface area contributed by atoms with Gasteiger partial charge in [0.05, 0.1) is 11.7 Å². The maximum atomic E-state index is 12.4. The van der Waals surface area contributed by atoms with Crippen LogP contribution in [-0.4, -0.2) is 24.5 Å². The van der Waals surface area contributed by atoms with Gasteiger partial charge in [-0.05, 0) is 63.3 Å². The summed E-state index contributed by atoms with van der Waals surface area (Å²) in [6.45, 7) is 0.782. The number of amides is 1. The molecule has 1 N–H and O–H groups in total. The Bertz CT molecular complexity index is 468. The highest BCUT2D eigenvalue weighted by molar-refractivity contribution is 9.11. The Morgan fingerprint density at radius 3 is 2.44 bits per heavy atom. The molecule has 3 rings (SSSR count). The van der Waals surface area contributed by atoms with E-state index in [9.17, 15) is 4.79 Å². The van der Waals surface area contributed by atoms with Gasteiger partial charge in [-0.3, -0.25) is 4.79 Å². The van der Waals surface area contributed by atoms with Crippen LogP contribution in [0.2, 0.25) is 0 Å². The Morgan fingerprint density at radius 2 is 1.83 bits per heavy atom. The molecule has 1 aromatic carbocycles. The van der Waals surface area contributed by atoms with Crippen molar-refractivity contribution in [3.63, 3.8) is 0 Å². The van der Waals surface area contributed by atoms with Gasteiger partial charge in [0.2, 0.25) is 5.91 Å². The lowest BCUT2D eigenvalue weighted by atomic mass is 10.2. The highest BCUT2D eigenvalue weighted by Crippen LogP contribution is 2.36. The van der Waals surface area contributed by atoms with E-state index in [2.05, 4.69) is 37.2 Å². The number of halogens is 2. The zero-order chi connectivity index (χ0) is 12.7. The van der Waals surface area contributed by atoms with Crippen molar-refractivity contribution in [2.45, 2.75) is 31.3 Å². The van der Waals surface area contributed by atoms with E-state index in [1.165, 1.54) is 12.8 Å². The lowest BCUT2D eigenvalue weighted by Gasteiger charge is -2.20. The lowest BCUT2D eigenvalue weighted by Crippen LogP contribution is -2.39. The molecule has 1 saturated heterocycles. The normalized spacial score (nSPS) is 23.8. The lowest BCUT2D eigenvalue weighted by molar-refractivity contribution is -0.118. The summed E-state index contributed by atoms with van der Waals surface area (Å²) in [5.41, 5.74) is 0.947. The van der Waals surface area contributed by atoms with Crippen molar-refractivity contribution in [3.05, 3.63) is 27.1 Å². The second-order valence-electron chi connectivity index (χ2n) is 4.84. The molecule has 2 fully saturated rings. The molecule has 2 aliphatic rings. The first kappa shape index (κ1) is 12.6. The monoisotopic (exact) mass is 372 g/mol. The second kappa shape index (κ2) is 4.94. The number of anilines is 1. The number of para-hydroxylation sites is 1. The predicted octanol–water partition coefficient (Wildman–Crippen LogP) is 3.07. The van der Waals surface area contributed by atoms with E-state index >= 15 is 0 Å². The summed E-state index contributed by atoms with van der Waals surface area (Å²) in [5.74, 6) is 0.189. The number of carbonyl (C=O) groups is 1. The molecule has 1 aliphatic carbocycles. The van der Waals surface area contributed by atoms with Crippen LogP contribution in [0.4, 0.5) is 5.69 Å². The Balaban J connectivity index is 1.82. The van der Waals surface area contributed by atoms with Gasteiger partial charge in [-0.25, -0.2) is 0 Å². The summed E-state index contributed by atoms with van der Waals surface area (Å²) in [6, 6.07) is 6.46. The van der Waals surface area contributed by atoms with Gasteiger partial charge in [-0.15, -0.1) is 0 Å². The van der Waals surface area contributed by atoms with Crippen molar-refractivity contribution in [1.29, 1.82) is 0 Å². The van der Waals surface area contributed by atoms with Crippen LogP contribution in [0.3, 0.4) is 0 Å². The van der Waals surface area contributed by atoms with Crippen LogP contribution in [0.25, 0.3) is 0 Å². The molecular formula is C13H14Br2N2O. The standard InChI is InChI=1S/C13H14Br2N2O/c14-9-2-1-3-10(15)12(9)17-7-6-11(13(17)18)16-8-4-5-8/h1-3,8,11,16H,4-7H2. The third-order valence-electron chi connectivity index (χ3n) is 3.43. The van der Waals surface area contributed by atoms with Gasteiger partial charge in [0, 0.05) is 21.5 Å². The van der Waals surface area contributed by atoms with Crippen molar-refractivity contribution in [1.82, 2.24) is 5.32 Å². The van der Waals surface area contributed by atoms with Gasteiger partial charge >= 0.3 is 0 Å². The first-order valence-corrected chi connectivity index (χ1v) is 7.77. The molecule has 1 unspecified atom stereocenters. The molecule has 1 aromatic rings. The topological polar surface area (TPSA) is 32.3 Å². The molecule has 1 saturated carbocycles. The minimum absolute atomic E-state index is 0.00324. The Morgan fingerprint density at radius 1 is 1.17 bits per heavy atom. The van der Waals surface area contributed by atoms with Crippen LogP contribution in [0.1, 0.15) is 19.3 Å². The molecule has 5 heteroatoms. The van der Waals surface area contributed by atoms with Crippen LogP contribution in [-0.2, 0) is 4.79 Å². The van der Waals surface area contributed by atoms with E-state index in [0.717, 1.165) is 27.6 Å². The molecule has 0 radical (unpaired) electrons. The van der Waals surface area contributed by atoms with Gasteiger partial charge in [-0.2, -0.15) is 0 Å². The van der Waals surface area contributed by atoms with Crippen LogP contribution in [0.15, 0.2) is 27.1 Å². The number of hydrogen-bond acceptors (Lipinski definition) is 2. The van der Waals surface area contributed by atoms with Crippen molar-refractivity contribution in [2.24, 2.45) is 0 Å². The Hall–Kier alpha value is -0.390. The van der Waals surface area contributed by atoms with E-state index in [4.69, 9.17) is 0 Å². The number of nitrogens with zero attached hydrogens (tertiary/aromatic N) is 1. The molecule has 0 aromatic heterocycles. The third kappa shape index (κ3) is 2.36. The fourth-order valence-electron chi connectivity index (χ4n) is 2.34.